The van der Waals surface area contributed by atoms with E-state index in [0.29, 0.717) is 18.0 Å². The van der Waals surface area contributed by atoms with Crippen molar-refractivity contribution in [3.05, 3.63) is 59.1 Å². The van der Waals surface area contributed by atoms with Crippen LogP contribution in [0.4, 0.5) is 5.69 Å². The molecule has 1 aliphatic heterocycles. The molecule has 3 atom stereocenters. The predicted octanol–water partition coefficient (Wildman–Crippen LogP) is 4.66. The fourth-order valence-corrected chi connectivity index (χ4v) is 5.29. The zero-order valence-corrected chi connectivity index (χ0v) is 18.1. The molecule has 2 aromatic carbocycles. The van der Waals surface area contributed by atoms with Gasteiger partial charge in [0.1, 0.15) is 5.75 Å². The summed E-state index contributed by atoms with van der Waals surface area (Å²) in [7, 11) is 1.67. The fourth-order valence-electron chi connectivity index (χ4n) is 5.16. The van der Waals surface area contributed by atoms with Crippen LogP contribution in [0.5, 0.6) is 5.75 Å². The van der Waals surface area contributed by atoms with E-state index in [1.165, 1.54) is 0 Å². The van der Waals surface area contributed by atoms with Gasteiger partial charge < -0.3 is 15.2 Å². The number of nitrogens with one attached hydrogen (secondary N) is 1. The molecule has 2 aliphatic rings. The van der Waals surface area contributed by atoms with Gasteiger partial charge in [-0.2, -0.15) is 0 Å². The minimum atomic E-state index is -0.674. The lowest BCUT2D eigenvalue weighted by molar-refractivity contribution is -0.135. The van der Waals surface area contributed by atoms with E-state index < -0.39 is 5.60 Å². The molecular formula is C24H29ClN2O3. The van der Waals surface area contributed by atoms with E-state index in [1.807, 2.05) is 18.2 Å². The SMILES string of the molecule is COc1ccccc1[C@@H]1[C@H]2CCCC[C@]2(O)CCN1CC(=O)Nc1ccc(Cl)cc1. The maximum absolute atomic E-state index is 12.9. The Morgan fingerprint density at radius 3 is 2.73 bits per heavy atom. The van der Waals surface area contributed by atoms with Crippen molar-refractivity contribution in [2.24, 2.45) is 5.92 Å². The highest BCUT2D eigenvalue weighted by molar-refractivity contribution is 6.30. The second-order valence-electron chi connectivity index (χ2n) is 8.42. The number of hydrogen-bond donors (Lipinski definition) is 2. The van der Waals surface area contributed by atoms with Crippen molar-refractivity contribution in [1.82, 2.24) is 4.90 Å². The van der Waals surface area contributed by atoms with Gasteiger partial charge in [-0.3, -0.25) is 9.69 Å². The van der Waals surface area contributed by atoms with Crippen LogP contribution in [0.15, 0.2) is 48.5 Å². The number of benzene rings is 2. The monoisotopic (exact) mass is 428 g/mol. The topological polar surface area (TPSA) is 61.8 Å². The normalized spacial score (nSPS) is 26.6. The molecule has 2 aromatic rings. The number of rotatable bonds is 5. The van der Waals surface area contributed by atoms with Crippen molar-refractivity contribution in [1.29, 1.82) is 0 Å². The minimum Gasteiger partial charge on any atom is -0.496 e. The lowest BCUT2D eigenvalue weighted by Gasteiger charge is -2.52. The van der Waals surface area contributed by atoms with Gasteiger partial charge in [0.2, 0.25) is 5.91 Å². The number of fused-ring (bicyclic) bond motifs is 1. The maximum atomic E-state index is 12.9. The van der Waals surface area contributed by atoms with Gasteiger partial charge in [-0.25, -0.2) is 0 Å². The first kappa shape index (κ1) is 21.2. The van der Waals surface area contributed by atoms with Gasteiger partial charge >= 0.3 is 0 Å². The molecule has 2 fully saturated rings. The van der Waals surface area contributed by atoms with Crippen LogP contribution >= 0.6 is 11.6 Å². The summed E-state index contributed by atoms with van der Waals surface area (Å²) >= 11 is 5.94. The molecule has 1 heterocycles. The number of halogens is 1. The number of hydrogen-bond acceptors (Lipinski definition) is 4. The quantitative estimate of drug-likeness (QED) is 0.727. The van der Waals surface area contributed by atoms with Crippen molar-refractivity contribution in [2.45, 2.75) is 43.7 Å². The summed E-state index contributed by atoms with van der Waals surface area (Å²) in [5.41, 5.74) is 1.10. The average Bonchev–Trinajstić information content (AvgIpc) is 2.75. The summed E-state index contributed by atoms with van der Waals surface area (Å²) < 4.78 is 5.65. The van der Waals surface area contributed by atoms with Gasteiger partial charge in [0, 0.05) is 34.8 Å². The summed E-state index contributed by atoms with van der Waals surface area (Å²) in [5, 5.41) is 15.0. The van der Waals surface area contributed by atoms with E-state index in [9.17, 15) is 9.90 Å². The summed E-state index contributed by atoms with van der Waals surface area (Å²) in [5.74, 6) is 0.818. The first-order valence-electron chi connectivity index (χ1n) is 10.6. The van der Waals surface area contributed by atoms with Gasteiger partial charge in [-0.1, -0.05) is 42.6 Å². The molecule has 160 valence electrons. The van der Waals surface area contributed by atoms with Crippen LogP contribution in [-0.4, -0.2) is 41.7 Å². The Kier molecular flexibility index (Phi) is 6.32. The van der Waals surface area contributed by atoms with Gasteiger partial charge in [0.25, 0.3) is 0 Å². The molecule has 2 N–H and O–H groups in total. The average molecular weight is 429 g/mol. The van der Waals surface area contributed by atoms with Crippen LogP contribution in [-0.2, 0) is 4.79 Å². The largest absolute Gasteiger partial charge is 0.496 e. The second kappa shape index (κ2) is 8.96. The van der Waals surface area contributed by atoms with Crippen LogP contribution in [0.3, 0.4) is 0 Å². The number of amides is 1. The third kappa shape index (κ3) is 4.34. The predicted molar refractivity (Wildman–Crippen MR) is 119 cm³/mol. The molecule has 1 amide bonds. The Morgan fingerprint density at radius 2 is 1.97 bits per heavy atom. The Morgan fingerprint density at radius 1 is 1.20 bits per heavy atom. The van der Waals surface area contributed by atoms with Crippen LogP contribution < -0.4 is 10.1 Å². The number of nitrogens with zero attached hydrogens (tertiary/aromatic N) is 1. The molecule has 0 aromatic heterocycles. The van der Waals surface area contributed by atoms with Crippen LogP contribution in [0.1, 0.15) is 43.7 Å². The number of methoxy groups -OCH3 is 1. The Bertz CT molecular complexity index is 888. The van der Waals surface area contributed by atoms with E-state index in [4.69, 9.17) is 16.3 Å². The number of aliphatic hydroxyl groups is 1. The van der Waals surface area contributed by atoms with Crippen molar-refractivity contribution in [2.75, 3.05) is 25.5 Å². The fraction of sp³-hybridized carbons (Fsp3) is 0.458. The summed E-state index contributed by atoms with van der Waals surface area (Å²) in [6, 6.07) is 15.0. The van der Waals surface area contributed by atoms with Crippen LogP contribution in [0.2, 0.25) is 5.02 Å². The van der Waals surface area contributed by atoms with E-state index in [1.54, 1.807) is 31.4 Å². The van der Waals surface area contributed by atoms with Crippen molar-refractivity contribution in [3.8, 4) is 5.75 Å². The molecular weight excluding hydrogens is 400 g/mol. The second-order valence-corrected chi connectivity index (χ2v) is 8.85. The molecule has 0 spiro atoms. The molecule has 1 saturated heterocycles. The first-order chi connectivity index (χ1) is 14.5. The van der Waals surface area contributed by atoms with Crippen LogP contribution in [0.25, 0.3) is 0 Å². The minimum absolute atomic E-state index is 0.0591. The van der Waals surface area contributed by atoms with Gasteiger partial charge in [-0.15, -0.1) is 0 Å². The summed E-state index contributed by atoms with van der Waals surface area (Å²) in [4.78, 5) is 15.1. The zero-order valence-electron chi connectivity index (χ0n) is 17.3. The molecule has 1 aliphatic carbocycles. The lowest BCUT2D eigenvalue weighted by Crippen LogP contribution is -2.56. The number of carbonyl (C=O) groups excluding carboxylic acids is 1. The number of likely N-dealkylation sites (tertiary alicyclic amines) is 1. The summed E-state index contributed by atoms with van der Waals surface area (Å²) in [6.45, 7) is 0.932. The van der Waals surface area contributed by atoms with E-state index in [0.717, 1.165) is 42.7 Å². The molecule has 4 rings (SSSR count). The van der Waals surface area contributed by atoms with E-state index in [-0.39, 0.29) is 24.4 Å². The smallest absolute Gasteiger partial charge is 0.238 e. The molecule has 0 bridgehead atoms. The molecule has 30 heavy (non-hydrogen) atoms. The van der Waals surface area contributed by atoms with Crippen molar-refractivity contribution < 1.29 is 14.6 Å². The Balaban J connectivity index is 1.60. The number of para-hydroxylation sites is 1. The van der Waals surface area contributed by atoms with E-state index >= 15 is 0 Å². The molecule has 1 saturated carbocycles. The number of carbonyl (C=O) groups is 1. The molecule has 6 heteroatoms. The van der Waals surface area contributed by atoms with Gasteiger partial charge in [0.05, 0.1) is 19.3 Å². The lowest BCUT2D eigenvalue weighted by atomic mass is 9.66. The first-order valence-corrected chi connectivity index (χ1v) is 11.0. The molecule has 0 radical (unpaired) electrons. The highest BCUT2D eigenvalue weighted by Gasteiger charge is 2.49. The highest BCUT2D eigenvalue weighted by atomic mass is 35.5. The van der Waals surface area contributed by atoms with E-state index in [2.05, 4.69) is 16.3 Å². The standard InChI is InChI=1S/C24H29ClN2O3/c1-30-21-8-3-2-6-19(21)23-20-7-4-5-13-24(20,29)14-15-27(23)16-22(28)26-18-11-9-17(25)10-12-18/h2-3,6,8-12,20,23,29H,4-5,7,13-16H2,1H3,(H,26,28)/t20-,23-,24+/m1/s1. The molecule has 0 unspecified atom stereocenters. The van der Waals surface area contributed by atoms with Crippen molar-refractivity contribution in [3.63, 3.8) is 0 Å². The third-order valence-corrected chi connectivity index (χ3v) is 6.86. The number of anilines is 1. The maximum Gasteiger partial charge on any atom is 0.238 e. The summed E-state index contributed by atoms with van der Waals surface area (Å²) in [6.07, 6.45) is 4.63. The number of ether oxygens (including phenoxy) is 1. The third-order valence-electron chi connectivity index (χ3n) is 6.60. The Hall–Kier alpha value is -2.08. The Labute approximate surface area is 183 Å². The van der Waals surface area contributed by atoms with Crippen molar-refractivity contribution >= 4 is 23.2 Å². The highest BCUT2D eigenvalue weighted by Crippen LogP contribution is 2.50. The van der Waals surface area contributed by atoms with Crippen LogP contribution in [0, 0.1) is 5.92 Å². The number of piperidine rings is 1. The molecule has 5 nitrogen and oxygen atoms in total. The van der Waals surface area contributed by atoms with Gasteiger partial charge in [-0.05, 0) is 49.6 Å². The zero-order chi connectivity index (χ0) is 21.1. The van der Waals surface area contributed by atoms with Gasteiger partial charge in [0.15, 0.2) is 0 Å².